The summed E-state index contributed by atoms with van der Waals surface area (Å²) in [6.45, 7) is 3.75. The van der Waals surface area contributed by atoms with Crippen LogP contribution in [0.15, 0.2) is 84.9 Å². The van der Waals surface area contributed by atoms with Crippen LogP contribution in [-0.4, -0.2) is 35.5 Å². The van der Waals surface area contributed by atoms with Gasteiger partial charge in [-0.05, 0) is 42.8 Å². The van der Waals surface area contributed by atoms with Gasteiger partial charge < -0.3 is 9.47 Å². The van der Waals surface area contributed by atoms with Gasteiger partial charge in [0.2, 0.25) is 0 Å². The Hall–Kier alpha value is -4.58. The van der Waals surface area contributed by atoms with E-state index in [1.807, 2.05) is 83.9 Å². The second-order valence-corrected chi connectivity index (χ2v) is 8.59. The van der Waals surface area contributed by atoms with Crippen LogP contribution in [0.3, 0.4) is 0 Å². The maximum atomic E-state index is 12.8. The highest BCUT2D eigenvalue weighted by Crippen LogP contribution is 2.34. The number of esters is 2. The zero-order chi connectivity index (χ0) is 25.4. The second-order valence-electron chi connectivity index (χ2n) is 8.59. The predicted molar refractivity (Wildman–Crippen MR) is 140 cm³/mol. The van der Waals surface area contributed by atoms with Gasteiger partial charge in [0, 0.05) is 11.1 Å². The molecule has 6 heteroatoms. The fraction of sp³-hybridized carbons (Fsp3) is 0.133. The first kappa shape index (κ1) is 23.2. The molecule has 36 heavy (non-hydrogen) atoms. The van der Waals surface area contributed by atoms with Crippen LogP contribution >= 0.6 is 0 Å². The van der Waals surface area contributed by atoms with Crippen molar-refractivity contribution in [2.45, 2.75) is 13.8 Å². The third-order valence-corrected chi connectivity index (χ3v) is 6.56. The summed E-state index contributed by atoms with van der Waals surface area (Å²) in [5.74, 6) is -0.846. The van der Waals surface area contributed by atoms with Gasteiger partial charge in [0.15, 0.2) is 0 Å². The van der Waals surface area contributed by atoms with Gasteiger partial charge in [-0.2, -0.15) is 0 Å². The third kappa shape index (κ3) is 3.77. The highest BCUT2D eigenvalue weighted by molar-refractivity contribution is 5.95. The van der Waals surface area contributed by atoms with Gasteiger partial charge in [-0.3, -0.25) is 9.35 Å². The van der Waals surface area contributed by atoms with Crippen LogP contribution in [-0.2, 0) is 9.47 Å². The normalized spacial score (nSPS) is 11.0. The maximum Gasteiger partial charge on any atom is 0.339 e. The van der Waals surface area contributed by atoms with Crippen molar-refractivity contribution in [3.05, 3.63) is 107 Å². The highest BCUT2D eigenvalue weighted by atomic mass is 16.5. The Balaban J connectivity index is 1.86. The van der Waals surface area contributed by atoms with Crippen molar-refractivity contribution in [1.29, 1.82) is 0 Å². The molecule has 2 aromatic heterocycles. The van der Waals surface area contributed by atoms with Gasteiger partial charge in [0.05, 0.1) is 48.1 Å². The first-order valence-corrected chi connectivity index (χ1v) is 11.6. The molecule has 0 aliphatic heterocycles. The number of carbonyl (C=O) groups is 2. The number of aromatic nitrogens is 2. The minimum absolute atomic E-state index is 0.423. The van der Waals surface area contributed by atoms with Crippen molar-refractivity contribution in [3.8, 4) is 22.5 Å². The number of nitrogens with zero attached hydrogens (tertiary/aromatic N) is 2. The fourth-order valence-electron chi connectivity index (χ4n) is 4.71. The van der Waals surface area contributed by atoms with E-state index in [0.29, 0.717) is 22.5 Å². The summed E-state index contributed by atoms with van der Waals surface area (Å²) in [6, 6.07) is 27.8. The van der Waals surface area contributed by atoms with E-state index in [1.165, 1.54) is 14.2 Å². The number of rotatable bonds is 5. The minimum atomic E-state index is -0.424. The summed E-state index contributed by atoms with van der Waals surface area (Å²) in [7, 11) is 2.75. The van der Waals surface area contributed by atoms with Crippen LogP contribution in [0.1, 0.15) is 32.1 Å². The van der Waals surface area contributed by atoms with E-state index in [-0.39, 0.29) is 0 Å². The average Bonchev–Trinajstić information content (AvgIpc) is 3.44. The van der Waals surface area contributed by atoms with Gasteiger partial charge in [-0.1, -0.05) is 66.7 Å². The summed E-state index contributed by atoms with van der Waals surface area (Å²) in [5, 5.41) is 2.21. The summed E-state index contributed by atoms with van der Waals surface area (Å²) in [5.41, 5.74) is 5.74. The number of hydrogen-bond donors (Lipinski definition) is 0. The lowest BCUT2D eigenvalue weighted by Crippen LogP contribution is -2.17. The maximum absolute atomic E-state index is 12.8. The van der Waals surface area contributed by atoms with Crippen molar-refractivity contribution in [2.75, 3.05) is 14.2 Å². The molecular formula is C30H26N2O4. The summed E-state index contributed by atoms with van der Waals surface area (Å²) >= 11 is 0. The quantitative estimate of drug-likeness (QED) is 0.279. The molecule has 0 saturated carbocycles. The second kappa shape index (κ2) is 9.23. The summed E-state index contributed by atoms with van der Waals surface area (Å²) in [6.07, 6.45) is 0. The Morgan fingerprint density at radius 3 is 1.64 bits per heavy atom. The number of benzene rings is 3. The molecule has 0 amide bonds. The Morgan fingerprint density at radius 2 is 1.08 bits per heavy atom. The highest BCUT2D eigenvalue weighted by Gasteiger charge is 2.26. The minimum Gasteiger partial charge on any atom is -0.465 e. The molecule has 0 radical (unpaired) electrons. The lowest BCUT2D eigenvalue weighted by atomic mass is 10.0. The standard InChI is InChI=1S/C30H26N2O4/c1-19-25(29(33)35-3)17-27(22-11-6-5-7-12-22)31(19)32-20(2)26(30(34)36-4)18-28(32)24-15-14-21-10-8-9-13-23(21)16-24/h5-18H,1-4H3. The molecule has 5 rings (SSSR count). The number of hydrogen-bond acceptors (Lipinski definition) is 4. The van der Waals surface area contributed by atoms with Gasteiger partial charge in [-0.15, -0.1) is 0 Å². The molecule has 0 spiro atoms. The lowest BCUT2D eigenvalue weighted by molar-refractivity contribution is 0.0590. The van der Waals surface area contributed by atoms with Crippen LogP contribution in [0.5, 0.6) is 0 Å². The van der Waals surface area contributed by atoms with Crippen molar-refractivity contribution >= 4 is 22.7 Å². The molecule has 0 fully saturated rings. The van der Waals surface area contributed by atoms with Crippen LogP contribution in [0.4, 0.5) is 0 Å². The SMILES string of the molecule is COC(=O)c1cc(-c2ccccc2)n(-n2c(-c3ccc4ccccc4c3)cc(C(=O)OC)c2C)c1C. The molecule has 180 valence electrons. The van der Waals surface area contributed by atoms with E-state index in [2.05, 4.69) is 24.3 Å². The first-order chi connectivity index (χ1) is 17.4. The van der Waals surface area contributed by atoms with Crippen LogP contribution in [0.2, 0.25) is 0 Å². The molecule has 5 aromatic rings. The molecule has 0 N–H and O–H groups in total. The van der Waals surface area contributed by atoms with E-state index >= 15 is 0 Å². The Bertz CT molecular complexity index is 1610. The van der Waals surface area contributed by atoms with E-state index in [4.69, 9.17) is 9.47 Å². The molecule has 3 aromatic carbocycles. The fourth-order valence-corrected chi connectivity index (χ4v) is 4.71. The van der Waals surface area contributed by atoms with E-state index in [1.54, 1.807) is 0 Å². The number of ether oxygens (including phenoxy) is 2. The van der Waals surface area contributed by atoms with Gasteiger partial charge >= 0.3 is 11.9 Å². The molecule has 0 saturated heterocycles. The molecular weight excluding hydrogens is 452 g/mol. The lowest BCUT2D eigenvalue weighted by Gasteiger charge is -2.20. The van der Waals surface area contributed by atoms with Crippen molar-refractivity contribution < 1.29 is 19.1 Å². The van der Waals surface area contributed by atoms with Crippen molar-refractivity contribution in [2.24, 2.45) is 0 Å². The Morgan fingerprint density at radius 1 is 0.583 bits per heavy atom. The average molecular weight is 479 g/mol. The Kier molecular flexibility index (Phi) is 5.94. The number of carbonyl (C=O) groups excluding carboxylic acids is 2. The first-order valence-electron chi connectivity index (χ1n) is 11.6. The van der Waals surface area contributed by atoms with Crippen LogP contribution < -0.4 is 0 Å². The molecule has 0 bridgehead atoms. The molecule has 0 atom stereocenters. The number of methoxy groups -OCH3 is 2. The largest absolute Gasteiger partial charge is 0.465 e. The molecule has 0 unspecified atom stereocenters. The van der Waals surface area contributed by atoms with Gasteiger partial charge in [-0.25, -0.2) is 9.59 Å². The van der Waals surface area contributed by atoms with Crippen LogP contribution in [0, 0.1) is 13.8 Å². The smallest absolute Gasteiger partial charge is 0.339 e. The molecule has 2 heterocycles. The monoisotopic (exact) mass is 478 g/mol. The number of fused-ring (bicyclic) bond motifs is 1. The molecule has 0 aliphatic rings. The zero-order valence-corrected chi connectivity index (χ0v) is 20.6. The Labute approximate surface area is 209 Å². The molecule has 0 aliphatic carbocycles. The predicted octanol–water partition coefficient (Wildman–Crippen LogP) is 6.28. The summed E-state index contributed by atoms with van der Waals surface area (Å²) < 4.78 is 14.1. The summed E-state index contributed by atoms with van der Waals surface area (Å²) in [4.78, 5) is 25.4. The third-order valence-electron chi connectivity index (χ3n) is 6.56. The topological polar surface area (TPSA) is 62.5 Å². The zero-order valence-electron chi connectivity index (χ0n) is 20.6. The van der Waals surface area contributed by atoms with E-state index in [9.17, 15) is 9.59 Å². The van der Waals surface area contributed by atoms with Crippen LogP contribution in [0.25, 0.3) is 33.3 Å². The molecule has 6 nitrogen and oxygen atoms in total. The van der Waals surface area contributed by atoms with Crippen molar-refractivity contribution in [1.82, 2.24) is 9.35 Å². The van der Waals surface area contributed by atoms with E-state index < -0.39 is 11.9 Å². The van der Waals surface area contributed by atoms with Crippen molar-refractivity contribution in [3.63, 3.8) is 0 Å². The van der Waals surface area contributed by atoms with Gasteiger partial charge in [0.1, 0.15) is 0 Å². The van der Waals surface area contributed by atoms with Gasteiger partial charge in [0.25, 0.3) is 0 Å². The van der Waals surface area contributed by atoms with E-state index in [0.717, 1.165) is 33.3 Å².